The van der Waals surface area contributed by atoms with Crippen LogP contribution in [-0.2, 0) is 43.4 Å². The van der Waals surface area contributed by atoms with E-state index in [1.807, 2.05) is 205 Å². The van der Waals surface area contributed by atoms with Gasteiger partial charge in [-0.05, 0) is 180 Å². The first-order valence-electron chi connectivity index (χ1n) is 46.9. The van der Waals surface area contributed by atoms with E-state index >= 15 is 0 Å². The summed E-state index contributed by atoms with van der Waals surface area (Å²) in [4.78, 5) is 60.1. The Morgan fingerprint density at radius 2 is 0.660 bits per heavy atom. The van der Waals surface area contributed by atoms with Crippen LogP contribution in [0.25, 0.3) is 113 Å². The van der Waals surface area contributed by atoms with E-state index in [0.717, 1.165) is 154 Å². The van der Waals surface area contributed by atoms with Gasteiger partial charge in [0.25, 0.3) is 11.8 Å². The Morgan fingerprint density at radius 3 is 0.987 bits per heavy atom. The second-order valence-electron chi connectivity index (χ2n) is 34.1. The zero-order valence-corrected chi connectivity index (χ0v) is 86.2. The number of hydroxylamine groups is 1. The van der Waals surface area contributed by atoms with Crippen molar-refractivity contribution in [3.8, 4) is 118 Å². The zero-order valence-electron chi connectivity index (χ0n) is 81.3. The lowest BCUT2D eigenvalue weighted by atomic mass is 10.00. The number of hydrogen-bond donors (Lipinski definition) is 4. The molecule has 0 unspecified atom stereocenters. The number of aryl methyl sites for hydroxylation is 4. The van der Waals surface area contributed by atoms with Crippen molar-refractivity contribution in [2.24, 2.45) is 0 Å². The molecule has 0 radical (unpaired) electrons. The lowest BCUT2D eigenvalue weighted by molar-refractivity contribution is 0.0537. The number of phenolic OH excluding ortho intramolecular Hbond substituents is 1. The molecule has 0 aliphatic carbocycles. The highest BCUT2D eigenvalue weighted by Gasteiger charge is 2.21. The van der Waals surface area contributed by atoms with Crippen molar-refractivity contribution in [1.82, 2.24) is 66.2 Å². The first-order valence-corrected chi connectivity index (χ1v) is 52.2. The maximum atomic E-state index is 13.9. The summed E-state index contributed by atoms with van der Waals surface area (Å²) >= 11 is 9.07. The Labute approximate surface area is 883 Å². The average molecular weight is 2110 g/mol. The molecule has 0 aliphatic rings. The van der Waals surface area contributed by atoms with Gasteiger partial charge in [-0.1, -0.05) is 217 Å². The molecule has 32 heteroatoms. The van der Waals surface area contributed by atoms with E-state index in [2.05, 4.69) is 72.1 Å². The van der Waals surface area contributed by atoms with E-state index in [-0.39, 0.29) is 52.5 Å². The van der Waals surface area contributed by atoms with Gasteiger partial charge in [0.2, 0.25) is 0 Å². The van der Waals surface area contributed by atoms with Crippen molar-refractivity contribution >= 4 is 79.8 Å². The molecule has 0 bridgehead atoms. The second-order valence-corrected chi connectivity index (χ2v) is 39.7. The molecule has 0 saturated carbocycles. The molecule has 22 aromatic rings. The SMILES string of the molecule is CNC(=O)c1cccc(-c2csc(Cc3ccccc3F)n2)c1.CONC(=O)c1cccc(-c2csc(Cc3ccccc3F)n2)c1.Cc1cc(-c2cccc(-c3csc(Cc4ccccc4F)n3)c2)cc(F)c1O.Cc1cc(-c2cccc(-c3csc(Cc4ccccc4F)n3)c2)on1.Cc1noc(C)c1-c1cccc(-c2csc(Cc3ccccc3F)n2)c1.Fc1ccccc1Cc1nc(-c2cccc(-c3ncn[nH]3)c2)cs1. The lowest BCUT2D eigenvalue weighted by Crippen LogP contribution is -2.21. The van der Waals surface area contributed by atoms with Gasteiger partial charge >= 0.3 is 0 Å². The molecule has 9 heterocycles. The number of benzene rings is 13. The Bertz CT molecular complexity index is 8360. The third-order valence-corrected chi connectivity index (χ3v) is 28.6. The number of nitrogens with zero attached hydrogens (tertiary/aromatic N) is 10. The van der Waals surface area contributed by atoms with Crippen molar-refractivity contribution in [2.45, 2.75) is 66.2 Å². The molecule has 0 aliphatic heterocycles. The number of aromatic nitrogens is 11. The third-order valence-electron chi connectivity index (χ3n) is 23.5. The van der Waals surface area contributed by atoms with E-state index in [4.69, 9.17) is 14.0 Å². The number of H-pyrrole nitrogens is 1. The van der Waals surface area contributed by atoms with Crippen LogP contribution in [0.15, 0.2) is 357 Å². The number of halogens is 7. The number of amides is 2. The predicted octanol–water partition coefficient (Wildman–Crippen LogP) is 29.7. The first kappa shape index (κ1) is 105. The number of nitrogens with one attached hydrogen (secondary N) is 3. The van der Waals surface area contributed by atoms with Crippen LogP contribution in [0.3, 0.4) is 0 Å². The van der Waals surface area contributed by atoms with E-state index in [0.29, 0.717) is 94.2 Å². The number of carbonyl (C=O) groups excluding carboxylic acids is 2. The molecule has 0 fully saturated rings. The Morgan fingerprint density at radius 1 is 0.340 bits per heavy atom. The molecular weight excluding hydrogens is 2020 g/mol. The molecule has 19 nitrogen and oxygen atoms in total. The molecule has 2 amide bonds. The van der Waals surface area contributed by atoms with Gasteiger partial charge in [-0.15, -0.1) is 68.0 Å². The highest BCUT2D eigenvalue weighted by atomic mass is 32.1. The molecular formula is C118H92F7N13O6S6. The monoisotopic (exact) mass is 2110 g/mol. The standard InChI is InChI=1S/C23H17F2NOS.C21H17FN2OS.C20H15FN2OS.C18H13FN4S.C18H15FN2O2S.C18H15FN2OS/c1-14-9-18(11-20(25)23(14)27)15-6-4-7-17(10-15)21-13-28-22(26-21)12-16-5-2-3-8-19(16)24;1-13-21(14(2)25-24-13)17-8-5-7-16(10-17)19-12-26-20(23-19)11-15-6-3-4-9-18(15)22;1-13-9-19(24-23-13)16-7-4-6-15(10-16)18-12-25-20(22-18)11-14-5-2-3-8-17(14)21;19-15-7-2-1-4-12(15)9-17-22-16(10-24-17)13-5-3-6-14(8-13)18-20-11-21-23-18;1-23-21-18(22)14-7-4-6-13(9-14)16-11-24-17(20-16)10-12-5-2-3-8-15(12)19;1-20-18(22)14-7-4-6-13(9-14)16-11-23-17(21-16)10-12-5-2-3-8-15(12)19/h2-11,13,27H,12H2,1H3;3-10,12H,11H2,1-2H3;2-10,12H,11H2,1H3;1-8,10-11H,9H2,(H,20,21,23);2-9,11H,10H2,1H3,(H,21,22);2-9,11H,10H2,1H3,(H,20,22). The number of hydrogen-bond acceptors (Lipinski definition) is 22. The highest BCUT2D eigenvalue weighted by molar-refractivity contribution is 7.11. The zero-order chi connectivity index (χ0) is 105. The molecule has 4 N–H and O–H groups in total. The van der Waals surface area contributed by atoms with Gasteiger partial charge in [0.05, 0.1) is 82.7 Å². The quantitative estimate of drug-likeness (QED) is 0.0306. The largest absolute Gasteiger partial charge is 0.505 e. The number of thiazole rings is 6. The molecule has 13 aromatic carbocycles. The van der Waals surface area contributed by atoms with Crippen LogP contribution in [0, 0.1) is 68.4 Å². The van der Waals surface area contributed by atoms with Gasteiger partial charge < -0.3 is 19.5 Å². The van der Waals surface area contributed by atoms with Crippen LogP contribution in [0.5, 0.6) is 5.75 Å². The Kier molecular flexibility index (Phi) is 35.1. The Balaban J connectivity index is 0.000000123. The summed E-state index contributed by atoms with van der Waals surface area (Å²) in [7, 11) is 2.99. The van der Waals surface area contributed by atoms with Crippen molar-refractivity contribution in [3.05, 3.63) is 486 Å². The number of phenols is 1. The number of aromatic hydroxyl groups is 1. The van der Waals surface area contributed by atoms with Gasteiger partial charge in [0.15, 0.2) is 23.2 Å². The topological polar surface area (TPSA) is 259 Å². The molecule has 0 atom stereocenters. The number of aromatic amines is 1. The minimum atomic E-state index is -0.638. The van der Waals surface area contributed by atoms with Crippen LogP contribution in [0.1, 0.15) is 107 Å². The van der Waals surface area contributed by atoms with Crippen LogP contribution in [-0.4, -0.2) is 86.5 Å². The van der Waals surface area contributed by atoms with Crippen molar-refractivity contribution in [2.75, 3.05) is 14.2 Å². The fraction of sp³-hybridized carbons (Fsp3) is 0.102. The maximum Gasteiger partial charge on any atom is 0.274 e. The maximum absolute atomic E-state index is 13.9. The van der Waals surface area contributed by atoms with Crippen LogP contribution >= 0.6 is 68.0 Å². The summed E-state index contributed by atoms with van der Waals surface area (Å²) in [6.07, 6.45) is 4.34. The average Bonchev–Trinajstić information content (AvgIpc) is 1.63. The summed E-state index contributed by atoms with van der Waals surface area (Å²) in [5.41, 5.74) is 25.6. The van der Waals surface area contributed by atoms with Crippen molar-refractivity contribution in [1.29, 1.82) is 0 Å². The lowest BCUT2D eigenvalue weighted by Gasteiger charge is -2.07. The first-order chi connectivity index (χ1) is 72.9. The second kappa shape index (κ2) is 50.2. The van der Waals surface area contributed by atoms with E-state index in [9.17, 15) is 45.4 Å². The summed E-state index contributed by atoms with van der Waals surface area (Å²) in [5.74, 6) is -0.399. The van der Waals surface area contributed by atoms with Gasteiger partial charge in [0, 0.05) is 145 Å². The molecule has 9 aromatic heterocycles. The van der Waals surface area contributed by atoms with E-state index < -0.39 is 5.82 Å². The Hall–Kier alpha value is -16.6. The summed E-state index contributed by atoms with van der Waals surface area (Å²) in [6.45, 7) is 7.42. The van der Waals surface area contributed by atoms with Crippen molar-refractivity contribution in [3.63, 3.8) is 0 Å². The number of rotatable bonds is 25. The molecule has 750 valence electrons. The third kappa shape index (κ3) is 27.4. The fourth-order valence-corrected chi connectivity index (χ4v) is 20.9. The van der Waals surface area contributed by atoms with Crippen LogP contribution in [0.2, 0.25) is 0 Å². The van der Waals surface area contributed by atoms with Crippen LogP contribution < -0.4 is 10.8 Å². The van der Waals surface area contributed by atoms with Crippen molar-refractivity contribution < 1.29 is 59.3 Å². The van der Waals surface area contributed by atoms with Gasteiger partial charge in [0.1, 0.15) is 47.0 Å². The minimum absolute atomic E-state index is 0.131. The van der Waals surface area contributed by atoms with Gasteiger partial charge in [-0.2, -0.15) is 5.10 Å². The summed E-state index contributed by atoms with van der Waals surface area (Å²) in [6, 6.07) is 91.7. The molecule has 150 heavy (non-hydrogen) atoms. The summed E-state index contributed by atoms with van der Waals surface area (Å²) < 4.78 is 107. The normalized spacial score (nSPS) is 10.8. The molecule has 0 spiro atoms. The van der Waals surface area contributed by atoms with Gasteiger partial charge in [-0.25, -0.2) is 71.1 Å². The molecule has 22 rings (SSSR count). The highest BCUT2D eigenvalue weighted by Crippen LogP contribution is 2.38. The van der Waals surface area contributed by atoms with Crippen LogP contribution in [0.4, 0.5) is 30.7 Å². The number of carbonyl (C=O) groups is 2. The van der Waals surface area contributed by atoms with E-state index in [1.165, 1.54) is 101 Å². The predicted molar refractivity (Wildman–Crippen MR) is 581 cm³/mol. The minimum Gasteiger partial charge on any atom is -0.505 e. The molecule has 0 saturated heterocycles. The summed E-state index contributed by atoms with van der Waals surface area (Å²) in [5, 5.41) is 43.9. The smallest absolute Gasteiger partial charge is 0.274 e. The van der Waals surface area contributed by atoms with Gasteiger partial charge in [-0.3, -0.25) is 19.5 Å². The van der Waals surface area contributed by atoms with E-state index in [1.54, 1.807) is 146 Å². The fourth-order valence-electron chi connectivity index (χ4n) is 15.9.